The lowest BCUT2D eigenvalue weighted by Crippen LogP contribution is -2.17. The molecule has 4 rings (SSSR count). The van der Waals surface area contributed by atoms with Crippen molar-refractivity contribution in [2.24, 2.45) is 0 Å². The number of phenolic OH excluding ortho intramolecular Hbond substituents is 1. The second-order valence-electron chi connectivity index (χ2n) is 6.72. The molecule has 0 saturated carbocycles. The van der Waals surface area contributed by atoms with Crippen molar-refractivity contribution < 1.29 is 43.7 Å². The van der Waals surface area contributed by atoms with Crippen LogP contribution >= 0.6 is 0 Å². The van der Waals surface area contributed by atoms with Gasteiger partial charge in [0.2, 0.25) is 12.5 Å². The van der Waals surface area contributed by atoms with Gasteiger partial charge in [-0.3, -0.25) is 0 Å². The summed E-state index contributed by atoms with van der Waals surface area (Å²) in [6.45, 7) is -0.116. The molecule has 2 heterocycles. The first-order valence-electron chi connectivity index (χ1n) is 9.12. The fourth-order valence-electron chi connectivity index (χ4n) is 3.76. The van der Waals surface area contributed by atoms with E-state index in [0.29, 0.717) is 39.9 Å². The zero-order valence-corrected chi connectivity index (χ0v) is 16.7. The predicted molar refractivity (Wildman–Crippen MR) is 104 cm³/mol. The first-order valence-corrected chi connectivity index (χ1v) is 9.12. The summed E-state index contributed by atoms with van der Waals surface area (Å²) in [6, 6.07) is 6.40. The molecule has 2 aliphatic heterocycles. The van der Waals surface area contributed by atoms with E-state index in [4.69, 9.17) is 28.4 Å². The van der Waals surface area contributed by atoms with Crippen LogP contribution in [0, 0.1) is 0 Å². The summed E-state index contributed by atoms with van der Waals surface area (Å²) in [7, 11) is 4.46. The van der Waals surface area contributed by atoms with E-state index in [9.17, 15) is 15.3 Å². The van der Waals surface area contributed by atoms with Gasteiger partial charge in [-0.2, -0.15) is 0 Å². The van der Waals surface area contributed by atoms with Gasteiger partial charge in [-0.15, -0.1) is 0 Å². The first-order chi connectivity index (χ1) is 14.5. The van der Waals surface area contributed by atoms with Crippen molar-refractivity contribution in [1.29, 1.82) is 0 Å². The summed E-state index contributed by atoms with van der Waals surface area (Å²) in [5, 5.41) is 31.6. The average molecular weight is 418 g/mol. The summed E-state index contributed by atoms with van der Waals surface area (Å²) in [4.78, 5) is 0. The van der Waals surface area contributed by atoms with Crippen LogP contribution in [-0.4, -0.2) is 56.3 Å². The molecule has 9 heteroatoms. The van der Waals surface area contributed by atoms with E-state index >= 15 is 0 Å². The van der Waals surface area contributed by atoms with Gasteiger partial charge >= 0.3 is 0 Å². The highest BCUT2D eigenvalue weighted by atomic mass is 16.7. The number of aliphatic hydroxyl groups excluding tert-OH is 2. The average Bonchev–Trinajstić information content (AvgIpc) is 3.33. The Morgan fingerprint density at radius 1 is 0.933 bits per heavy atom. The third kappa shape index (κ3) is 3.21. The number of ether oxygens (including phenoxy) is 6. The van der Waals surface area contributed by atoms with Crippen LogP contribution in [0.15, 0.2) is 35.6 Å². The molecule has 30 heavy (non-hydrogen) atoms. The molecule has 0 spiro atoms. The molecule has 2 aromatic carbocycles. The molecule has 2 aliphatic rings. The summed E-state index contributed by atoms with van der Waals surface area (Å²) >= 11 is 0. The molecule has 0 bridgehead atoms. The van der Waals surface area contributed by atoms with Crippen LogP contribution in [0.2, 0.25) is 0 Å². The van der Waals surface area contributed by atoms with E-state index in [1.165, 1.54) is 27.4 Å². The highest BCUT2D eigenvalue weighted by molar-refractivity contribution is 5.61. The maximum absolute atomic E-state index is 10.7. The molecule has 0 aliphatic carbocycles. The van der Waals surface area contributed by atoms with Crippen LogP contribution in [0.5, 0.6) is 34.5 Å². The Balaban J connectivity index is 1.96. The standard InChI is InChI=1S/C21H22O9/c1-25-16-4-10(5-17(26-2)20(16)27-3)18(19-13(23)8-28-21(19)24)11-6-14-15(7-12(11)22)30-9-29-14/h4-7,18,21-24H,8-9H2,1-3H3. The third-order valence-corrected chi connectivity index (χ3v) is 5.14. The smallest absolute Gasteiger partial charge is 0.231 e. The lowest BCUT2D eigenvalue weighted by molar-refractivity contribution is -0.0502. The van der Waals surface area contributed by atoms with Gasteiger partial charge in [-0.05, 0) is 23.8 Å². The molecular weight excluding hydrogens is 396 g/mol. The van der Waals surface area contributed by atoms with Crippen LogP contribution in [0.4, 0.5) is 0 Å². The van der Waals surface area contributed by atoms with Crippen molar-refractivity contribution in [1.82, 2.24) is 0 Å². The van der Waals surface area contributed by atoms with E-state index in [1.54, 1.807) is 18.2 Å². The molecular formula is C21H22O9. The summed E-state index contributed by atoms with van der Waals surface area (Å²) in [5.74, 6) is 0.964. The number of rotatable bonds is 6. The monoisotopic (exact) mass is 418 g/mol. The van der Waals surface area contributed by atoms with Gasteiger partial charge in [-0.1, -0.05) is 0 Å². The number of aliphatic hydroxyl groups is 2. The minimum absolute atomic E-state index is 0.0345. The largest absolute Gasteiger partial charge is 0.510 e. The first kappa shape index (κ1) is 20.0. The molecule has 9 nitrogen and oxygen atoms in total. The Kier molecular flexibility index (Phi) is 5.23. The van der Waals surface area contributed by atoms with Crippen LogP contribution in [0.1, 0.15) is 17.0 Å². The Bertz CT molecular complexity index is 973. The summed E-state index contributed by atoms with van der Waals surface area (Å²) in [5.41, 5.74) is 1.13. The topological polar surface area (TPSA) is 116 Å². The summed E-state index contributed by atoms with van der Waals surface area (Å²) in [6.07, 6.45) is -1.36. The molecule has 0 radical (unpaired) electrons. The SMILES string of the molecule is COc1cc(C(C2=C(O)COC2O)c2cc3c(cc2O)OCO3)cc(OC)c1OC. The predicted octanol–water partition coefficient (Wildman–Crippen LogP) is 2.44. The second-order valence-corrected chi connectivity index (χ2v) is 6.72. The molecule has 0 amide bonds. The van der Waals surface area contributed by atoms with E-state index in [-0.39, 0.29) is 30.5 Å². The van der Waals surface area contributed by atoms with Crippen molar-refractivity contribution in [2.75, 3.05) is 34.7 Å². The maximum atomic E-state index is 10.7. The van der Waals surface area contributed by atoms with Gasteiger partial charge in [0.05, 0.1) is 21.3 Å². The van der Waals surface area contributed by atoms with E-state index < -0.39 is 12.2 Å². The quantitative estimate of drug-likeness (QED) is 0.650. The van der Waals surface area contributed by atoms with Crippen LogP contribution in [-0.2, 0) is 4.74 Å². The van der Waals surface area contributed by atoms with Gasteiger partial charge in [0.15, 0.2) is 29.3 Å². The molecule has 2 atom stereocenters. The third-order valence-electron chi connectivity index (χ3n) is 5.14. The van der Waals surface area contributed by atoms with E-state index in [2.05, 4.69) is 0 Å². The van der Waals surface area contributed by atoms with Gasteiger partial charge in [0, 0.05) is 23.1 Å². The van der Waals surface area contributed by atoms with E-state index in [1.807, 2.05) is 0 Å². The minimum Gasteiger partial charge on any atom is -0.510 e. The van der Waals surface area contributed by atoms with Crippen molar-refractivity contribution in [3.63, 3.8) is 0 Å². The van der Waals surface area contributed by atoms with Crippen molar-refractivity contribution in [2.45, 2.75) is 12.2 Å². The van der Waals surface area contributed by atoms with Crippen LogP contribution in [0.25, 0.3) is 0 Å². The Labute approximate surface area is 172 Å². The Hall–Kier alpha value is -3.30. The van der Waals surface area contributed by atoms with Gasteiger partial charge in [-0.25, -0.2) is 0 Å². The molecule has 160 valence electrons. The second kappa shape index (κ2) is 7.85. The molecule has 0 fully saturated rings. The number of hydrogen-bond acceptors (Lipinski definition) is 9. The van der Waals surface area contributed by atoms with Gasteiger partial charge in [0.1, 0.15) is 18.1 Å². The zero-order chi connectivity index (χ0) is 21.4. The Morgan fingerprint density at radius 3 is 2.10 bits per heavy atom. The number of hydrogen-bond donors (Lipinski definition) is 3. The lowest BCUT2D eigenvalue weighted by Gasteiger charge is -2.24. The fourth-order valence-corrected chi connectivity index (χ4v) is 3.76. The van der Waals surface area contributed by atoms with Crippen molar-refractivity contribution in [3.8, 4) is 34.5 Å². The number of aromatic hydroxyl groups is 1. The van der Waals surface area contributed by atoms with Crippen molar-refractivity contribution >= 4 is 0 Å². The van der Waals surface area contributed by atoms with E-state index in [0.717, 1.165) is 0 Å². The number of phenols is 1. The molecule has 3 N–H and O–H groups in total. The van der Waals surface area contributed by atoms with Gasteiger partial charge in [0.25, 0.3) is 0 Å². The van der Waals surface area contributed by atoms with Gasteiger partial charge < -0.3 is 43.7 Å². The van der Waals surface area contributed by atoms with Crippen LogP contribution < -0.4 is 23.7 Å². The number of fused-ring (bicyclic) bond motifs is 1. The van der Waals surface area contributed by atoms with Crippen molar-refractivity contribution in [3.05, 3.63) is 46.7 Å². The zero-order valence-electron chi connectivity index (χ0n) is 16.7. The van der Waals surface area contributed by atoms with Crippen LogP contribution in [0.3, 0.4) is 0 Å². The number of benzene rings is 2. The highest BCUT2D eigenvalue weighted by Crippen LogP contribution is 2.49. The molecule has 2 unspecified atom stereocenters. The lowest BCUT2D eigenvalue weighted by atomic mass is 9.83. The maximum Gasteiger partial charge on any atom is 0.231 e. The molecule has 0 saturated heterocycles. The minimum atomic E-state index is -1.36. The molecule has 2 aromatic rings. The normalized spacial score (nSPS) is 18.5. The Morgan fingerprint density at radius 2 is 1.57 bits per heavy atom. The molecule has 0 aromatic heterocycles. The number of methoxy groups -OCH3 is 3. The fraction of sp³-hybridized carbons (Fsp3) is 0.333. The highest BCUT2D eigenvalue weighted by Gasteiger charge is 2.36. The summed E-state index contributed by atoms with van der Waals surface area (Å²) < 4.78 is 32.2.